The first kappa shape index (κ1) is 11.2. The molecule has 0 atom stereocenters. The predicted molar refractivity (Wildman–Crippen MR) is 54.9 cm³/mol. The van der Waals surface area contributed by atoms with E-state index < -0.39 is 5.60 Å². The van der Waals surface area contributed by atoms with Crippen molar-refractivity contribution in [2.24, 2.45) is 5.41 Å². The van der Waals surface area contributed by atoms with Gasteiger partial charge >= 0.3 is 0 Å². The van der Waals surface area contributed by atoms with Crippen LogP contribution in [0.3, 0.4) is 0 Å². The monoisotopic (exact) mass is 197 g/mol. The van der Waals surface area contributed by atoms with Crippen molar-refractivity contribution in [2.75, 3.05) is 0 Å². The van der Waals surface area contributed by atoms with Gasteiger partial charge in [0.05, 0.1) is 0 Å². The second-order valence-electron chi connectivity index (χ2n) is 5.47. The van der Waals surface area contributed by atoms with E-state index in [0.717, 1.165) is 12.2 Å². The maximum Gasteiger partial charge on any atom is 0.137 e. The van der Waals surface area contributed by atoms with Gasteiger partial charge in [0.25, 0.3) is 0 Å². The molecule has 1 aromatic rings. The summed E-state index contributed by atoms with van der Waals surface area (Å²) >= 11 is 0. The minimum absolute atomic E-state index is 0.177. The van der Waals surface area contributed by atoms with Crippen LogP contribution in [0.25, 0.3) is 0 Å². The molecule has 14 heavy (non-hydrogen) atoms. The molecule has 0 radical (unpaired) electrons. The summed E-state index contributed by atoms with van der Waals surface area (Å²) in [7, 11) is 0. The number of aliphatic hydroxyl groups is 1. The molecule has 0 unspecified atom stereocenters. The first-order valence-electron chi connectivity index (χ1n) is 4.87. The molecule has 0 saturated heterocycles. The molecule has 3 heteroatoms. The Balaban J connectivity index is 2.79. The lowest BCUT2D eigenvalue weighted by Gasteiger charge is -2.15. The van der Waals surface area contributed by atoms with Crippen LogP contribution in [0.15, 0.2) is 10.6 Å². The summed E-state index contributed by atoms with van der Waals surface area (Å²) in [5.74, 6) is 0.828. The van der Waals surface area contributed by atoms with Gasteiger partial charge in [0.2, 0.25) is 0 Å². The second-order valence-corrected chi connectivity index (χ2v) is 5.47. The molecule has 3 nitrogen and oxygen atoms in total. The van der Waals surface area contributed by atoms with Gasteiger partial charge < -0.3 is 9.63 Å². The third-order valence-electron chi connectivity index (χ3n) is 1.89. The van der Waals surface area contributed by atoms with Gasteiger partial charge in [-0.15, -0.1) is 0 Å². The van der Waals surface area contributed by atoms with Gasteiger partial charge in [-0.05, 0) is 19.3 Å². The van der Waals surface area contributed by atoms with Crippen LogP contribution in [0.1, 0.15) is 46.1 Å². The van der Waals surface area contributed by atoms with Gasteiger partial charge in [0.15, 0.2) is 0 Å². The Hall–Kier alpha value is -0.830. The summed E-state index contributed by atoms with van der Waals surface area (Å²) in [6.07, 6.45) is 0.829. The summed E-state index contributed by atoms with van der Waals surface area (Å²) in [6, 6.07) is 1.82. The normalized spacial score (nSPS) is 13.3. The molecule has 0 aliphatic rings. The van der Waals surface area contributed by atoms with Crippen LogP contribution < -0.4 is 0 Å². The predicted octanol–water partition coefficient (Wildman–Crippen LogP) is 2.49. The maximum atomic E-state index is 9.68. The lowest BCUT2D eigenvalue weighted by molar-refractivity contribution is 0.0700. The van der Waals surface area contributed by atoms with Crippen LogP contribution in [0, 0.1) is 5.41 Å². The average molecular weight is 197 g/mol. The Bertz CT molecular complexity index is 302. The van der Waals surface area contributed by atoms with E-state index in [4.69, 9.17) is 4.52 Å². The number of rotatable bonds is 2. The zero-order valence-electron chi connectivity index (χ0n) is 9.59. The molecular weight excluding hydrogens is 178 g/mol. The number of hydrogen-bond donors (Lipinski definition) is 1. The Morgan fingerprint density at radius 1 is 1.29 bits per heavy atom. The fraction of sp³-hybridized carbons (Fsp3) is 0.727. The molecule has 1 heterocycles. The van der Waals surface area contributed by atoms with Crippen molar-refractivity contribution in [3.05, 3.63) is 17.5 Å². The standard InChI is InChI=1S/C11H19NO2/c1-10(2,3)7-8-6-9(12-14-8)11(4,5)13/h6,13H,7H2,1-5H3. The van der Waals surface area contributed by atoms with Crippen LogP contribution >= 0.6 is 0 Å². The molecule has 1 rings (SSSR count). The molecule has 1 N–H and O–H groups in total. The highest BCUT2D eigenvalue weighted by molar-refractivity contribution is 5.12. The van der Waals surface area contributed by atoms with E-state index in [-0.39, 0.29) is 5.41 Å². The summed E-state index contributed by atoms with van der Waals surface area (Å²) in [4.78, 5) is 0. The fourth-order valence-corrected chi connectivity index (χ4v) is 1.21. The lowest BCUT2D eigenvalue weighted by Crippen LogP contribution is -2.15. The highest BCUT2D eigenvalue weighted by atomic mass is 16.5. The van der Waals surface area contributed by atoms with Crippen LogP contribution in [0.4, 0.5) is 0 Å². The molecule has 80 valence electrons. The van der Waals surface area contributed by atoms with Crippen molar-refractivity contribution in [3.8, 4) is 0 Å². The van der Waals surface area contributed by atoms with E-state index in [2.05, 4.69) is 25.9 Å². The number of aromatic nitrogens is 1. The number of nitrogens with zero attached hydrogens (tertiary/aromatic N) is 1. The summed E-state index contributed by atoms with van der Waals surface area (Å²) < 4.78 is 5.16. The average Bonchev–Trinajstić information content (AvgIpc) is 2.29. The Morgan fingerprint density at radius 2 is 1.86 bits per heavy atom. The molecular formula is C11H19NO2. The fourth-order valence-electron chi connectivity index (χ4n) is 1.21. The first-order chi connectivity index (χ1) is 6.18. The number of hydrogen-bond acceptors (Lipinski definition) is 3. The minimum Gasteiger partial charge on any atom is -0.384 e. The van der Waals surface area contributed by atoms with Crippen molar-refractivity contribution in [1.29, 1.82) is 0 Å². The van der Waals surface area contributed by atoms with E-state index in [1.54, 1.807) is 13.8 Å². The first-order valence-corrected chi connectivity index (χ1v) is 4.87. The summed E-state index contributed by atoms with van der Waals surface area (Å²) in [5.41, 5.74) is -0.146. The second kappa shape index (κ2) is 3.39. The van der Waals surface area contributed by atoms with Gasteiger partial charge in [-0.2, -0.15) is 0 Å². The Kier molecular flexibility index (Phi) is 2.72. The Morgan fingerprint density at radius 3 is 2.21 bits per heavy atom. The van der Waals surface area contributed by atoms with Gasteiger partial charge in [0.1, 0.15) is 17.1 Å². The largest absolute Gasteiger partial charge is 0.384 e. The van der Waals surface area contributed by atoms with Crippen molar-refractivity contribution in [3.63, 3.8) is 0 Å². The van der Waals surface area contributed by atoms with Crippen LogP contribution in [-0.4, -0.2) is 10.3 Å². The molecule has 0 fully saturated rings. The molecule has 0 bridgehead atoms. The van der Waals surface area contributed by atoms with E-state index in [0.29, 0.717) is 5.69 Å². The summed E-state index contributed by atoms with van der Waals surface area (Å²) in [6.45, 7) is 9.81. The zero-order valence-corrected chi connectivity index (χ0v) is 9.59. The van der Waals surface area contributed by atoms with E-state index in [9.17, 15) is 5.11 Å². The molecule has 0 amide bonds. The minimum atomic E-state index is -0.917. The third-order valence-corrected chi connectivity index (χ3v) is 1.89. The van der Waals surface area contributed by atoms with E-state index >= 15 is 0 Å². The molecule has 0 saturated carbocycles. The quantitative estimate of drug-likeness (QED) is 0.792. The van der Waals surface area contributed by atoms with Crippen molar-refractivity contribution in [2.45, 2.75) is 46.6 Å². The van der Waals surface area contributed by atoms with Crippen LogP contribution in [0.2, 0.25) is 0 Å². The summed E-state index contributed by atoms with van der Waals surface area (Å²) in [5, 5.41) is 13.5. The van der Waals surface area contributed by atoms with Crippen LogP contribution in [-0.2, 0) is 12.0 Å². The van der Waals surface area contributed by atoms with E-state index in [1.165, 1.54) is 0 Å². The topological polar surface area (TPSA) is 46.3 Å². The molecule has 0 spiro atoms. The highest BCUT2D eigenvalue weighted by Crippen LogP contribution is 2.24. The SMILES string of the molecule is CC(C)(C)Cc1cc(C(C)(C)O)no1. The van der Waals surface area contributed by atoms with Gasteiger partial charge in [0, 0.05) is 12.5 Å². The molecule has 0 aliphatic carbocycles. The van der Waals surface area contributed by atoms with Crippen molar-refractivity contribution >= 4 is 0 Å². The van der Waals surface area contributed by atoms with Crippen molar-refractivity contribution in [1.82, 2.24) is 5.16 Å². The molecule has 0 aromatic carbocycles. The highest BCUT2D eigenvalue weighted by Gasteiger charge is 2.22. The Labute approximate surface area is 85.1 Å². The van der Waals surface area contributed by atoms with Crippen molar-refractivity contribution < 1.29 is 9.63 Å². The smallest absolute Gasteiger partial charge is 0.137 e. The lowest BCUT2D eigenvalue weighted by atomic mass is 9.90. The van der Waals surface area contributed by atoms with Gasteiger partial charge in [-0.3, -0.25) is 0 Å². The van der Waals surface area contributed by atoms with Gasteiger partial charge in [-0.1, -0.05) is 25.9 Å². The molecule has 1 aromatic heterocycles. The zero-order chi connectivity index (χ0) is 11.0. The van der Waals surface area contributed by atoms with E-state index in [1.807, 2.05) is 6.07 Å². The van der Waals surface area contributed by atoms with Crippen LogP contribution in [0.5, 0.6) is 0 Å². The maximum absolute atomic E-state index is 9.68. The molecule has 0 aliphatic heterocycles. The van der Waals surface area contributed by atoms with Gasteiger partial charge in [-0.25, -0.2) is 0 Å². The third kappa shape index (κ3) is 3.14.